The highest BCUT2D eigenvalue weighted by molar-refractivity contribution is 6.22. The van der Waals surface area contributed by atoms with Crippen molar-refractivity contribution in [3.63, 3.8) is 0 Å². The van der Waals surface area contributed by atoms with Crippen molar-refractivity contribution >= 4 is 40.3 Å². The van der Waals surface area contributed by atoms with Crippen LogP contribution in [0.15, 0.2) is 82.7 Å². The fourth-order valence-electron chi connectivity index (χ4n) is 5.47. The van der Waals surface area contributed by atoms with Crippen molar-refractivity contribution < 1.29 is 23.9 Å². The number of rotatable bonds is 9. The molecule has 2 aliphatic heterocycles. The summed E-state index contributed by atoms with van der Waals surface area (Å²) >= 11 is 6.35. The monoisotopic (exact) mass is 579 g/mol. The van der Waals surface area contributed by atoms with E-state index in [0.717, 1.165) is 22.5 Å². The summed E-state index contributed by atoms with van der Waals surface area (Å²) < 4.78 is 17.1. The Morgan fingerprint density at radius 2 is 1.85 bits per heavy atom. The van der Waals surface area contributed by atoms with Crippen LogP contribution in [0.5, 0.6) is 0 Å². The molecule has 10 nitrogen and oxygen atoms in total. The number of aliphatic imine (C=N–C) groups is 1. The first kappa shape index (κ1) is 28.7. The molecule has 2 heterocycles. The number of nitrogens with zero attached hydrogens (tertiary/aromatic N) is 4. The molecule has 5 rings (SSSR count). The number of ether oxygens (including phenoxy) is 3. The molecule has 0 spiro atoms. The minimum atomic E-state index is -1.12. The molecular weight excluding hydrogens is 548 g/mol. The van der Waals surface area contributed by atoms with Crippen molar-refractivity contribution in [3.8, 4) is 0 Å². The molecule has 11 heteroatoms. The maximum absolute atomic E-state index is 13.9. The smallest absolute Gasteiger partial charge is 0.276 e. The second-order valence-electron chi connectivity index (χ2n) is 10.7. The highest BCUT2D eigenvalue weighted by atomic mass is 35.5. The zero-order chi connectivity index (χ0) is 29.5. The van der Waals surface area contributed by atoms with E-state index in [1.165, 1.54) is 33.5 Å². The van der Waals surface area contributed by atoms with E-state index >= 15 is 0 Å². The molecule has 1 atom stereocenters. The quantitative estimate of drug-likeness (QED) is 0.139. The molecular formula is C30H32ClN4O6+. The highest BCUT2D eigenvalue weighted by Gasteiger charge is 2.39. The highest BCUT2D eigenvalue weighted by Crippen LogP contribution is 2.42. The van der Waals surface area contributed by atoms with Crippen LogP contribution in [-0.4, -0.2) is 70.2 Å². The molecule has 0 aromatic heterocycles. The molecule has 41 heavy (non-hydrogen) atoms. The van der Waals surface area contributed by atoms with Gasteiger partial charge in [0.2, 0.25) is 5.79 Å². The van der Waals surface area contributed by atoms with Crippen LogP contribution < -0.4 is 9.38 Å². The molecule has 0 bridgehead atoms. The zero-order valence-electron chi connectivity index (χ0n) is 23.6. The third-order valence-electron chi connectivity index (χ3n) is 7.80. The first-order valence-electron chi connectivity index (χ1n) is 13.0. The first-order valence-corrected chi connectivity index (χ1v) is 13.6. The Hall–Kier alpha value is -3.83. The molecule has 3 aliphatic rings. The van der Waals surface area contributed by atoms with Gasteiger partial charge in [-0.25, -0.2) is 4.99 Å². The summed E-state index contributed by atoms with van der Waals surface area (Å²) in [5.74, 6) is -0.555. The standard InChI is InChI=1S/C30H32ClN4O6/c1-35(2,18-19-6-8-22(9-7-19)34(37)38)23-10-11-24-21(16-31)17-33(26(24)13-23)29(36)25-12-20-14-30(40-4,41-5)15-27(39-3)28(20)32-25/h6-15,21H,16-18H2,1-5H3/q+1. The van der Waals surface area contributed by atoms with Gasteiger partial charge in [-0.1, -0.05) is 6.07 Å². The van der Waals surface area contributed by atoms with Gasteiger partial charge in [0.05, 0.1) is 31.8 Å². The number of carbonyl (C=O) groups is 1. The van der Waals surface area contributed by atoms with Gasteiger partial charge < -0.3 is 19.1 Å². The van der Waals surface area contributed by atoms with Crippen LogP contribution >= 0.6 is 11.6 Å². The number of benzene rings is 2. The van der Waals surface area contributed by atoms with Crippen LogP contribution in [0.1, 0.15) is 17.0 Å². The fourth-order valence-corrected chi connectivity index (χ4v) is 5.74. The summed E-state index contributed by atoms with van der Waals surface area (Å²) in [6.07, 6.45) is 5.18. The summed E-state index contributed by atoms with van der Waals surface area (Å²) in [7, 11) is 8.71. The number of non-ortho nitro benzene ring substituents is 1. The summed E-state index contributed by atoms with van der Waals surface area (Å²) in [5.41, 5.74) is 5.30. The fraction of sp³-hybridized carbons (Fsp3) is 0.333. The number of allylic oxidation sites excluding steroid dienone is 2. The largest absolute Gasteiger partial charge is 0.495 e. The zero-order valence-corrected chi connectivity index (χ0v) is 24.3. The average Bonchev–Trinajstić information content (AvgIpc) is 3.57. The Morgan fingerprint density at radius 3 is 2.46 bits per heavy atom. The lowest BCUT2D eigenvalue weighted by Crippen LogP contribution is -2.39. The summed E-state index contributed by atoms with van der Waals surface area (Å²) in [6.45, 7) is 1.04. The molecule has 2 aromatic rings. The molecule has 2 aromatic carbocycles. The van der Waals surface area contributed by atoms with Crippen LogP contribution in [0.25, 0.3) is 0 Å². The molecule has 0 saturated carbocycles. The van der Waals surface area contributed by atoms with Crippen molar-refractivity contribution in [2.24, 2.45) is 4.99 Å². The Morgan fingerprint density at radius 1 is 1.15 bits per heavy atom. The van der Waals surface area contributed by atoms with Gasteiger partial charge in [0, 0.05) is 68.0 Å². The van der Waals surface area contributed by atoms with Crippen molar-refractivity contribution in [1.82, 2.24) is 4.48 Å². The number of nitro groups is 1. The molecule has 214 valence electrons. The first-order chi connectivity index (χ1) is 19.5. The minimum Gasteiger partial charge on any atom is -0.495 e. The number of amides is 1. The van der Waals surface area contributed by atoms with Crippen LogP contribution in [0.3, 0.4) is 0 Å². The Balaban J connectivity index is 1.46. The predicted octanol–water partition coefficient (Wildman–Crippen LogP) is 4.83. The molecule has 1 unspecified atom stereocenters. The number of hydrogen-bond acceptors (Lipinski definition) is 7. The lowest BCUT2D eigenvalue weighted by Gasteiger charge is -2.30. The lowest BCUT2D eigenvalue weighted by molar-refractivity contribution is -0.384. The van der Waals surface area contributed by atoms with Gasteiger partial charge in [-0.2, -0.15) is 0 Å². The number of halogens is 1. The average molecular weight is 580 g/mol. The van der Waals surface area contributed by atoms with Crippen molar-refractivity contribution in [2.75, 3.05) is 52.7 Å². The van der Waals surface area contributed by atoms with Gasteiger partial charge in [-0.05, 0) is 35.9 Å². The normalized spacial score (nSPS) is 19.1. The number of anilines is 1. The lowest BCUT2D eigenvalue weighted by atomic mass is 9.98. The van der Waals surface area contributed by atoms with Crippen LogP contribution in [0, 0.1) is 10.1 Å². The van der Waals surface area contributed by atoms with E-state index in [2.05, 4.69) is 25.2 Å². The maximum atomic E-state index is 13.9. The van der Waals surface area contributed by atoms with Gasteiger partial charge in [0.25, 0.3) is 11.6 Å². The molecule has 1 amide bonds. The van der Waals surface area contributed by atoms with E-state index in [4.69, 9.17) is 25.8 Å². The van der Waals surface area contributed by atoms with E-state index in [0.29, 0.717) is 40.5 Å². The molecule has 0 N–H and O–H groups in total. The Bertz CT molecular complexity index is 1520. The molecule has 1 aliphatic carbocycles. The van der Waals surface area contributed by atoms with E-state index in [1.807, 2.05) is 12.1 Å². The number of nitro benzene ring substituents is 1. The number of alkyl halides is 1. The number of hydrogen-bond donors (Lipinski definition) is 0. The Kier molecular flexibility index (Phi) is 7.60. The van der Waals surface area contributed by atoms with Crippen LogP contribution in [0.4, 0.5) is 17.1 Å². The van der Waals surface area contributed by atoms with E-state index in [9.17, 15) is 14.9 Å². The summed E-state index contributed by atoms with van der Waals surface area (Å²) in [4.78, 5) is 31.0. The van der Waals surface area contributed by atoms with Crippen molar-refractivity contribution in [2.45, 2.75) is 18.2 Å². The van der Waals surface area contributed by atoms with E-state index in [1.54, 1.807) is 35.3 Å². The predicted molar refractivity (Wildman–Crippen MR) is 158 cm³/mol. The third-order valence-corrected chi connectivity index (χ3v) is 8.17. The molecule has 0 radical (unpaired) electrons. The van der Waals surface area contributed by atoms with Gasteiger partial charge in [0.1, 0.15) is 29.4 Å². The number of carbonyl (C=O) groups excluding carboxylic acids is 1. The van der Waals surface area contributed by atoms with Crippen molar-refractivity contribution in [1.29, 1.82) is 0 Å². The summed E-state index contributed by atoms with van der Waals surface area (Å²) in [6, 6.07) is 12.7. The number of methoxy groups -OCH3 is 3. The van der Waals surface area contributed by atoms with Crippen LogP contribution in [-0.2, 0) is 25.5 Å². The SMILES string of the molecule is COC1=CC(OC)(OC)C=C2C=C(C(=O)N3CC(CCl)c4ccc([N+](C)(C)Cc5ccc([N+](=O)[O-])cc5)cc43)N=C21. The van der Waals surface area contributed by atoms with Gasteiger partial charge >= 0.3 is 0 Å². The molecule has 0 fully saturated rings. The second-order valence-corrected chi connectivity index (χ2v) is 11.0. The number of quaternary nitrogens is 1. The van der Waals surface area contributed by atoms with Gasteiger partial charge in [-0.3, -0.25) is 19.4 Å². The topological polar surface area (TPSA) is 104 Å². The van der Waals surface area contributed by atoms with E-state index in [-0.39, 0.29) is 23.2 Å². The van der Waals surface area contributed by atoms with E-state index < -0.39 is 10.7 Å². The maximum Gasteiger partial charge on any atom is 0.276 e. The second kappa shape index (κ2) is 10.9. The summed E-state index contributed by atoms with van der Waals surface area (Å²) in [5, 5.41) is 11.0. The third kappa shape index (κ3) is 5.19. The van der Waals surface area contributed by atoms with Crippen molar-refractivity contribution in [3.05, 3.63) is 99.0 Å². The number of fused-ring (bicyclic) bond motifs is 2. The molecule has 0 saturated heterocycles. The van der Waals surface area contributed by atoms with Crippen LogP contribution in [0.2, 0.25) is 0 Å². The minimum absolute atomic E-state index is 0.0184. The van der Waals surface area contributed by atoms with Gasteiger partial charge in [-0.15, -0.1) is 11.6 Å². The van der Waals surface area contributed by atoms with Gasteiger partial charge in [0.15, 0.2) is 0 Å². The Labute approximate surface area is 243 Å².